The number of rotatable bonds is 6. The van der Waals surface area contributed by atoms with Crippen LogP contribution in [0.1, 0.15) is 18.9 Å². The highest BCUT2D eigenvalue weighted by atomic mass is 35.5. The fourth-order valence-electron chi connectivity index (χ4n) is 1.31. The molecule has 1 nitrogen and oxygen atoms in total. The largest absolute Gasteiger partial charge is 0.313 e. The highest BCUT2D eigenvalue weighted by Crippen LogP contribution is 2.22. The van der Waals surface area contributed by atoms with Crippen LogP contribution < -0.4 is 5.32 Å². The molecular weight excluding hydrogens is 261 g/mol. The van der Waals surface area contributed by atoms with Crippen LogP contribution in [0.3, 0.4) is 0 Å². The molecule has 0 heterocycles. The van der Waals surface area contributed by atoms with Crippen molar-refractivity contribution in [3.05, 3.63) is 33.8 Å². The summed E-state index contributed by atoms with van der Waals surface area (Å²) in [4.78, 5) is 0. The molecule has 0 aliphatic carbocycles. The van der Waals surface area contributed by atoms with Gasteiger partial charge in [0.1, 0.15) is 0 Å². The molecule has 0 amide bonds. The minimum absolute atomic E-state index is 0.612. The number of nitrogens with one attached hydrogen (secondary N) is 1. The van der Waals surface area contributed by atoms with Gasteiger partial charge in [-0.2, -0.15) is 11.8 Å². The lowest BCUT2D eigenvalue weighted by molar-refractivity contribution is 0.648. The van der Waals surface area contributed by atoms with E-state index in [0.29, 0.717) is 15.3 Å². The molecule has 1 unspecified atom stereocenters. The maximum absolute atomic E-state index is 5.94. The summed E-state index contributed by atoms with van der Waals surface area (Å²) in [5.74, 6) is 0. The summed E-state index contributed by atoms with van der Waals surface area (Å²) in [6.45, 7) is 4.12. The SMILES string of the molecule is CSC(C)CCNCc1ccc(Cl)c(Cl)c1. The summed E-state index contributed by atoms with van der Waals surface area (Å²) in [6, 6.07) is 5.75. The number of hydrogen-bond donors (Lipinski definition) is 1. The normalized spacial score (nSPS) is 12.8. The van der Waals surface area contributed by atoms with Gasteiger partial charge >= 0.3 is 0 Å². The Kier molecular flexibility index (Phi) is 6.59. The Morgan fingerprint density at radius 1 is 1.31 bits per heavy atom. The van der Waals surface area contributed by atoms with Gasteiger partial charge in [0.25, 0.3) is 0 Å². The topological polar surface area (TPSA) is 12.0 Å². The van der Waals surface area contributed by atoms with Crippen molar-refractivity contribution in [3.63, 3.8) is 0 Å². The highest BCUT2D eigenvalue weighted by molar-refractivity contribution is 7.99. The Morgan fingerprint density at radius 3 is 2.69 bits per heavy atom. The second kappa shape index (κ2) is 7.44. The van der Waals surface area contributed by atoms with Crippen molar-refractivity contribution < 1.29 is 0 Å². The van der Waals surface area contributed by atoms with Crippen molar-refractivity contribution in [2.45, 2.75) is 25.1 Å². The zero-order valence-corrected chi connectivity index (χ0v) is 11.9. The van der Waals surface area contributed by atoms with Gasteiger partial charge in [0.2, 0.25) is 0 Å². The first-order chi connectivity index (χ1) is 7.63. The van der Waals surface area contributed by atoms with E-state index in [0.717, 1.165) is 13.1 Å². The Balaban J connectivity index is 2.29. The zero-order valence-electron chi connectivity index (χ0n) is 9.59. The molecule has 1 N–H and O–H groups in total. The summed E-state index contributed by atoms with van der Waals surface area (Å²) in [6.07, 6.45) is 3.33. The third kappa shape index (κ3) is 4.96. The molecule has 4 heteroatoms. The molecule has 1 atom stereocenters. The monoisotopic (exact) mass is 277 g/mol. The Labute approximate surface area is 112 Å². The van der Waals surface area contributed by atoms with E-state index in [1.165, 1.54) is 12.0 Å². The van der Waals surface area contributed by atoms with Crippen molar-refractivity contribution in [3.8, 4) is 0 Å². The maximum atomic E-state index is 5.94. The van der Waals surface area contributed by atoms with E-state index in [9.17, 15) is 0 Å². The molecule has 90 valence electrons. The maximum Gasteiger partial charge on any atom is 0.0595 e. The molecular formula is C12H17Cl2NS. The molecule has 0 radical (unpaired) electrons. The molecule has 0 saturated carbocycles. The van der Waals surface area contributed by atoms with Crippen LogP contribution >= 0.6 is 35.0 Å². The molecule has 1 aromatic carbocycles. The van der Waals surface area contributed by atoms with Crippen LogP contribution in [-0.4, -0.2) is 18.1 Å². The molecule has 0 saturated heterocycles. The van der Waals surface area contributed by atoms with Crippen LogP contribution in [0.5, 0.6) is 0 Å². The molecule has 1 rings (SSSR count). The van der Waals surface area contributed by atoms with Gasteiger partial charge < -0.3 is 5.32 Å². The summed E-state index contributed by atoms with van der Waals surface area (Å²) < 4.78 is 0. The van der Waals surface area contributed by atoms with Crippen molar-refractivity contribution >= 4 is 35.0 Å². The predicted octanol–water partition coefficient (Wildman–Crippen LogP) is 4.22. The number of hydrogen-bond acceptors (Lipinski definition) is 2. The Bertz CT molecular complexity index is 331. The van der Waals surface area contributed by atoms with Crippen LogP contribution in [0.15, 0.2) is 18.2 Å². The summed E-state index contributed by atoms with van der Waals surface area (Å²) >= 11 is 13.7. The van der Waals surface area contributed by atoms with Crippen molar-refractivity contribution in [1.29, 1.82) is 0 Å². The first-order valence-corrected chi connectivity index (χ1v) is 7.35. The summed E-state index contributed by atoms with van der Waals surface area (Å²) in [5, 5.41) is 5.34. The number of halogens is 2. The van der Waals surface area contributed by atoms with Crippen molar-refractivity contribution in [1.82, 2.24) is 5.32 Å². The van der Waals surface area contributed by atoms with Gasteiger partial charge in [-0.1, -0.05) is 36.2 Å². The average Bonchev–Trinajstić information content (AvgIpc) is 2.28. The van der Waals surface area contributed by atoms with Crippen LogP contribution in [0, 0.1) is 0 Å². The second-order valence-corrected chi connectivity index (χ2v) is 5.85. The Hall–Kier alpha value is 0.110. The van der Waals surface area contributed by atoms with E-state index < -0.39 is 0 Å². The molecule has 0 fully saturated rings. The minimum Gasteiger partial charge on any atom is -0.313 e. The smallest absolute Gasteiger partial charge is 0.0595 e. The van der Waals surface area contributed by atoms with Crippen molar-refractivity contribution in [2.75, 3.05) is 12.8 Å². The van der Waals surface area contributed by atoms with E-state index in [-0.39, 0.29) is 0 Å². The van der Waals surface area contributed by atoms with Gasteiger partial charge in [0, 0.05) is 11.8 Å². The van der Waals surface area contributed by atoms with Gasteiger partial charge in [-0.15, -0.1) is 0 Å². The van der Waals surface area contributed by atoms with Gasteiger partial charge in [-0.3, -0.25) is 0 Å². The fraction of sp³-hybridized carbons (Fsp3) is 0.500. The number of thioether (sulfide) groups is 1. The molecule has 0 bridgehead atoms. The van der Waals surface area contributed by atoms with Crippen molar-refractivity contribution in [2.24, 2.45) is 0 Å². The predicted molar refractivity (Wildman–Crippen MR) is 75.8 cm³/mol. The minimum atomic E-state index is 0.612. The van der Waals surface area contributed by atoms with Gasteiger partial charge in [0.15, 0.2) is 0 Å². The van der Waals surface area contributed by atoms with E-state index in [2.05, 4.69) is 18.5 Å². The van der Waals surface area contributed by atoms with Crippen LogP contribution in [-0.2, 0) is 6.54 Å². The third-order valence-electron chi connectivity index (χ3n) is 2.44. The standard InChI is InChI=1S/C12H17Cl2NS/c1-9(16-2)5-6-15-8-10-3-4-11(13)12(14)7-10/h3-4,7,9,15H,5-6,8H2,1-2H3. The first-order valence-electron chi connectivity index (χ1n) is 5.31. The van der Waals surface area contributed by atoms with Crippen LogP contribution in [0.4, 0.5) is 0 Å². The fourth-order valence-corrected chi connectivity index (χ4v) is 1.98. The zero-order chi connectivity index (χ0) is 12.0. The summed E-state index contributed by atoms with van der Waals surface area (Å²) in [5.41, 5.74) is 1.17. The van der Waals surface area contributed by atoms with Gasteiger partial charge in [0.05, 0.1) is 10.0 Å². The summed E-state index contributed by atoms with van der Waals surface area (Å²) in [7, 11) is 0. The number of benzene rings is 1. The lowest BCUT2D eigenvalue weighted by atomic mass is 10.2. The second-order valence-electron chi connectivity index (χ2n) is 3.76. The molecule has 0 aliphatic heterocycles. The lowest BCUT2D eigenvalue weighted by Crippen LogP contribution is -2.17. The molecule has 16 heavy (non-hydrogen) atoms. The average molecular weight is 278 g/mol. The molecule has 1 aromatic rings. The van der Waals surface area contributed by atoms with E-state index in [4.69, 9.17) is 23.2 Å². The Morgan fingerprint density at radius 2 is 2.06 bits per heavy atom. The van der Waals surface area contributed by atoms with Crippen LogP contribution in [0.25, 0.3) is 0 Å². The van der Waals surface area contributed by atoms with E-state index >= 15 is 0 Å². The quantitative estimate of drug-likeness (QED) is 0.782. The van der Waals surface area contributed by atoms with Crippen LogP contribution in [0.2, 0.25) is 10.0 Å². The third-order valence-corrected chi connectivity index (χ3v) is 4.22. The highest BCUT2D eigenvalue weighted by Gasteiger charge is 2.00. The van der Waals surface area contributed by atoms with E-state index in [1.54, 1.807) is 0 Å². The van der Waals surface area contributed by atoms with Gasteiger partial charge in [-0.05, 0) is 36.9 Å². The van der Waals surface area contributed by atoms with Gasteiger partial charge in [-0.25, -0.2) is 0 Å². The van der Waals surface area contributed by atoms with E-state index in [1.807, 2.05) is 30.0 Å². The first kappa shape index (κ1) is 14.2. The molecule has 0 aliphatic rings. The molecule has 0 aromatic heterocycles. The molecule has 0 spiro atoms. The lowest BCUT2D eigenvalue weighted by Gasteiger charge is -2.09.